The van der Waals surface area contributed by atoms with Crippen LogP contribution in [0, 0.1) is 5.92 Å². The molecule has 0 aliphatic carbocycles. The maximum absolute atomic E-state index is 13.3. The normalized spacial score (nSPS) is 23.3. The number of piperidine rings is 1. The van der Waals surface area contributed by atoms with Crippen LogP contribution in [0.2, 0.25) is 0 Å². The molecule has 0 spiro atoms. The summed E-state index contributed by atoms with van der Waals surface area (Å²) in [5, 5.41) is 0. The Morgan fingerprint density at radius 3 is 2.53 bits per heavy atom. The lowest BCUT2D eigenvalue weighted by atomic mass is 9.82. The summed E-state index contributed by atoms with van der Waals surface area (Å²) >= 11 is 0. The summed E-state index contributed by atoms with van der Waals surface area (Å²) in [6, 6.07) is 15.0. The van der Waals surface area contributed by atoms with Gasteiger partial charge in [0, 0.05) is 12.1 Å². The Kier molecular flexibility index (Phi) is 4.96. The van der Waals surface area contributed by atoms with Crippen LogP contribution in [0.5, 0.6) is 0 Å². The molecular weight excluding hydrogens is 382 g/mol. The predicted octanol–water partition coefficient (Wildman–Crippen LogP) is 3.33. The summed E-state index contributed by atoms with van der Waals surface area (Å²) in [5.41, 5.74) is 2.30. The monoisotopic (exact) mass is 405 g/mol. The number of carbonyl (C=O) groups is 2. The van der Waals surface area contributed by atoms with Gasteiger partial charge >= 0.3 is 6.09 Å². The van der Waals surface area contributed by atoms with Gasteiger partial charge in [-0.25, -0.2) is 9.78 Å². The molecule has 2 aromatic heterocycles. The van der Waals surface area contributed by atoms with Crippen molar-refractivity contribution in [2.75, 3.05) is 13.2 Å². The fraction of sp³-hybridized carbons (Fsp3) is 0.348. The first kappa shape index (κ1) is 18.8. The number of ether oxygens (including phenoxy) is 2. The van der Waals surface area contributed by atoms with Gasteiger partial charge in [0.1, 0.15) is 17.9 Å². The van der Waals surface area contributed by atoms with Crippen LogP contribution in [-0.4, -0.2) is 51.5 Å². The van der Waals surface area contributed by atoms with E-state index in [2.05, 4.69) is 4.98 Å². The van der Waals surface area contributed by atoms with Gasteiger partial charge in [-0.1, -0.05) is 36.4 Å². The van der Waals surface area contributed by atoms with E-state index in [1.165, 1.54) is 0 Å². The van der Waals surface area contributed by atoms with Crippen LogP contribution in [-0.2, 0) is 16.1 Å². The number of imidazole rings is 1. The Morgan fingerprint density at radius 1 is 1.03 bits per heavy atom. The number of rotatable bonds is 4. The maximum atomic E-state index is 13.3. The zero-order chi connectivity index (χ0) is 20.5. The van der Waals surface area contributed by atoms with Crippen molar-refractivity contribution in [3.63, 3.8) is 0 Å². The molecule has 4 heterocycles. The van der Waals surface area contributed by atoms with Crippen molar-refractivity contribution in [3.05, 3.63) is 72.2 Å². The first-order valence-corrected chi connectivity index (χ1v) is 10.2. The van der Waals surface area contributed by atoms with Crippen molar-refractivity contribution in [1.29, 1.82) is 0 Å². The Balaban J connectivity index is 1.30. The molecule has 5 rings (SSSR count). The highest BCUT2D eigenvalue weighted by Gasteiger charge is 2.44. The zero-order valence-corrected chi connectivity index (χ0v) is 16.5. The van der Waals surface area contributed by atoms with Gasteiger partial charge in [-0.15, -0.1) is 0 Å². The molecule has 2 atom stereocenters. The minimum absolute atomic E-state index is 0.0721. The lowest BCUT2D eigenvalue weighted by Gasteiger charge is -2.47. The Morgan fingerprint density at radius 2 is 1.77 bits per heavy atom. The average Bonchev–Trinajstić information content (AvgIpc) is 3.21. The molecule has 2 unspecified atom stereocenters. The number of benzene rings is 1. The molecule has 0 N–H and O–H groups in total. The van der Waals surface area contributed by atoms with Crippen LogP contribution < -0.4 is 0 Å². The van der Waals surface area contributed by atoms with E-state index in [4.69, 9.17) is 9.47 Å². The molecule has 7 nitrogen and oxygen atoms in total. The molecule has 0 radical (unpaired) electrons. The van der Waals surface area contributed by atoms with Crippen molar-refractivity contribution in [3.8, 4) is 0 Å². The second-order valence-corrected chi connectivity index (χ2v) is 7.90. The second-order valence-electron chi connectivity index (χ2n) is 7.90. The van der Waals surface area contributed by atoms with Gasteiger partial charge in [0.15, 0.2) is 5.78 Å². The van der Waals surface area contributed by atoms with E-state index in [1.54, 1.807) is 11.1 Å². The number of Topliss-reactive ketones (excluding diaryl/α,β-unsaturated/α-hetero) is 1. The third-order valence-corrected chi connectivity index (χ3v) is 5.98. The molecule has 2 aliphatic rings. The fourth-order valence-electron chi connectivity index (χ4n) is 4.55. The van der Waals surface area contributed by atoms with Crippen molar-refractivity contribution in [1.82, 2.24) is 14.3 Å². The molecule has 2 saturated heterocycles. The number of ketones is 1. The molecule has 30 heavy (non-hydrogen) atoms. The summed E-state index contributed by atoms with van der Waals surface area (Å²) in [4.78, 5) is 32.2. The predicted molar refractivity (Wildman–Crippen MR) is 109 cm³/mol. The first-order chi connectivity index (χ1) is 14.7. The molecular formula is C23H23N3O4. The lowest BCUT2D eigenvalue weighted by Crippen LogP contribution is -2.60. The number of hydrogen-bond acceptors (Lipinski definition) is 5. The molecule has 2 aliphatic heterocycles. The lowest BCUT2D eigenvalue weighted by molar-refractivity contribution is -0.0756. The molecule has 3 aromatic rings. The van der Waals surface area contributed by atoms with E-state index in [1.807, 2.05) is 59.1 Å². The fourth-order valence-corrected chi connectivity index (χ4v) is 4.55. The number of pyridine rings is 1. The summed E-state index contributed by atoms with van der Waals surface area (Å²) in [5.74, 6) is -0.0925. The molecule has 2 bridgehead atoms. The van der Waals surface area contributed by atoms with Crippen molar-refractivity contribution < 1.29 is 19.1 Å². The van der Waals surface area contributed by atoms with Gasteiger partial charge in [-0.3, -0.25) is 14.1 Å². The second kappa shape index (κ2) is 7.91. The van der Waals surface area contributed by atoms with Gasteiger partial charge in [-0.2, -0.15) is 0 Å². The Hall–Kier alpha value is -3.19. The third-order valence-electron chi connectivity index (χ3n) is 5.98. The Bertz CT molecular complexity index is 1050. The number of hydrogen-bond donors (Lipinski definition) is 0. The first-order valence-electron chi connectivity index (χ1n) is 10.2. The standard InChI is InChI=1S/C23H23N3O4/c27-22(20-12-24-21-8-4-5-9-25(20)21)17-10-18-14-29-15-19(11-17)26(18)23(28)30-13-16-6-2-1-3-7-16/h1-9,12,17-19H,10-11,13-15H2. The number of carbonyl (C=O) groups excluding carboxylic acids is 2. The van der Waals surface area contributed by atoms with E-state index >= 15 is 0 Å². The minimum atomic E-state index is -0.335. The van der Waals surface area contributed by atoms with E-state index in [9.17, 15) is 9.59 Å². The highest BCUT2D eigenvalue weighted by atomic mass is 16.6. The van der Waals surface area contributed by atoms with Crippen LogP contribution in [0.4, 0.5) is 4.79 Å². The van der Waals surface area contributed by atoms with Crippen molar-refractivity contribution in [2.24, 2.45) is 5.92 Å². The van der Waals surface area contributed by atoms with Crippen molar-refractivity contribution >= 4 is 17.5 Å². The van der Waals surface area contributed by atoms with Gasteiger partial charge < -0.3 is 9.47 Å². The maximum Gasteiger partial charge on any atom is 0.410 e. The zero-order valence-electron chi connectivity index (χ0n) is 16.5. The van der Waals surface area contributed by atoms with E-state index in [0.29, 0.717) is 31.7 Å². The molecule has 1 aromatic carbocycles. The highest BCUT2D eigenvalue weighted by molar-refractivity contribution is 5.97. The smallest absolute Gasteiger partial charge is 0.410 e. The van der Waals surface area contributed by atoms with E-state index in [-0.39, 0.29) is 36.5 Å². The number of amides is 1. The highest BCUT2D eigenvalue weighted by Crippen LogP contribution is 2.34. The quantitative estimate of drug-likeness (QED) is 0.623. The van der Waals surface area contributed by atoms with Gasteiger partial charge in [0.2, 0.25) is 0 Å². The van der Waals surface area contributed by atoms with Gasteiger partial charge in [0.05, 0.1) is 31.5 Å². The molecule has 1 amide bonds. The van der Waals surface area contributed by atoms with Crippen molar-refractivity contribution in [2.45, 2.75) is 31.5 Å². The van der Waals surface area contributed by atoms with Crippen LogP contribution in [0.3, 0.4) is 0 Å². The molecule has 2 fully saturated rings. The van der Waals surface area contributed by atoms with Gasteiger partial charge in [0.25, 0.3) is 0 Å². The molecule has 7 heteroatoms. The van der Waals surface area contributed by atoms with E-state index in [0.717, 1.165) is 11.2 Å². The Labute approximate surface area is 174 Å². The van der Waals surface area contributed by atoms with Crippen LogP contribution in [0.15, 0.2) is 60.9 Å². The van der Waals surface area contributed by atoms with Gasteiger partial charge in [-0.05, 0) is 30.5 Å². The summed E-state index contributed by atoms with van der Waals surface area (Å²) in [6.07, 6.45) is 4.30. The number of morpholine rings is 1. The molecule has 154 valence electrons. The van der Waals surface area contributed by atoms with Crippen LogP contribution in [0.25, 0.3) is 5.65 Å². The number of fused-ring (bicyclic) bond motifs is 3. The van der Waals surface area contributed by atoms with Crippen LogP contribution >= 0.6 is 0 Å². The SMILES string of the molecule is O=C(c1cnc2ccccn12)C1CC2COCC(C1)N2C(=O)OCc1ccccc1. The third kappa shape index (κ3) is 3.45. The topological polar surface area (TPSA) is 73.1 Å². The number of aromatic nitrogens is 2. The largest absolute Gasteiger partial charge is 0.445 e. The van der Waals surface area contributed by atoms with Crippen LogP contribution in [0.1, 0.15) is 28.9 Å². The average molecular weight is 405 g/mol. The summed E-state index contributed by atoms with van der Waals surface area (Å²) in [7, 11) is 0. The molecule has 0 saturated carbocycles. The summed E-state index contributed by atoms with van der Waals surface area (Å²) in [6.45, 7) is 1.09. The number of nitrogens with zero attached hydrogens (tertiary/aromatic N) is 3. The minimum Gasteiger partial charge on any atom is -0.445 e. The van der Waals surface area contributed by atoms with E-state index < -0.39 is 0 Å². The summed E-state index contributed by atoms with van der Waals surface area (Å²) < 4.78 is 13.1.